The molecule has 0 saturated carbocycles. The van der Waals surface area contributed by atoms with Crippen LogP contribution in [0.3, 0.4) is 0 Å². The fourth-order valence-corrected chi connectivity index (χ4v) is 3.31. The number of nitrogens with one attached hydrogen (secondary N) is 1. The van der Waals surface area contributed by atoms with Gasteiger partial charge in [-0.15, -0.1) is 12.6 Å². The Kier molecular flexibility index (Phi) is 5.57. The number of hydrogen-bond donors (Lipinski definition) is 2. The van der Waals surface area contributed by atoms with Crippen LogP contribution in [0.1, 0.15) is 18.7 Å². The number of nitrogens with zero attached hydrogens (tertiary/aromatic N) is 2. The van der Waals surface area contributed by atoms with E-state index in [0.717, 1.165) is 11.3 Å². The number of thiol groups is 1. The van der Waals surface area contributed by atoms with Gasteiger partial charge in [-0.1, -0.05) is 24.3 Å². The highest BCUT2D eigenvalue weighted by molar-refractivity contribution is 7.84. The molecule has 1 aliphatic rings. The van der Waals surface area contributed by atoms with E-state index in [0.29, 0.717) is 23.1 Å². The first-order valence-corrected chi connectivity index (χ1v) is 8.84. The van der Waals surface area contributed by atoms with Crippen molar-refractivity contribution in [1.82, 2.24) is 5.32 Å². The number of nitriles is 1. The number of benzene rings is 2. The van der Waals surface area contributed by atoms with Crippen LogP contribution in [0, 0.1) is 11.3 Å². The molecule has 2 aromatic rings. The molecular formula is C20H19N3O3S. The molecule has 0 fully saturated rings. The molecule has 1 N–H and O–H groups in total. The third kappa shape index (κ3) is 3.57. The van der Waals surface area contributed by atoms with E-state index < -0.39 is 12.1 Å². The molecule has 2 aromatic carbocycles. The number of carbonyl (C=O) groups is 1. The predicted octanol–water partition coefficient (Wildman–Crippen LogP) is 3.39. The van der Waals surface area contributed by atoms with Crippen LogP contribution in [0.2, 0.25) is 0 Å². The van der Waals surface area contributed by atoms with Gasteiger partial charge < -0.3 is 19.7 Å². The molecule has 7 heteroatoms. The Balaban J connectivity index is 2.12. The number of methoxy groups -OCH3 is 1. The highest BCUT2D eigenvalue weighted by Gasteiger charge is 2.34. The van der Waals surface area contributed by atoms with Gasteiger partial charge in [-0.05, 0) is 36.8 Å². The molecule has 1 unspecified atom stereocenters. The number of rotatable bonds is 5. The summed E-state index contributed by atoms with van der Waals surface area (Å²) in [6.45, 7) is 2.41. The maximum atomic E-state index is 12.4. The zero-order valence-corrected chi connectivity index (χ0v) is 15.9. The van der Waals surface area contributed by atoms with Crippen LogP contribution in [0.5, 0.6) is 11.5 Å². The summed E-state index contributed by atoms with van der Waals surface area (Å²) in [5.74, 6) is 0.719. The monoisotopic (exact) mass is 381 g/mol. The number of hydrogen-bond acceptors (Lipinski definition) is 6. The van der Waals surface area contributed by atoms with Crippen LogP contribution in [-0.4, -0.2) is 19.6 Å². The Bertz CT molecular complexity index is 922. The molecule has 1 amide bonds. The predicted molar refractivity (Wildman–Crippen MR) is 106 cm³/mol. The van der Waals surface area contributed by atoms with Gasteiger partial charge in [-0.25, -0.2) is 0 Å². The van der Waals surface area contributed by atoms with Gasteiger partial charge in [-0.3, -0.25) is 4.79 Å². The van der Waals surface area contributed by atoms with E-state index in [9.17, 15) is 10.1 Å². The van der Waals surface area contributed by atoms with E-state index in [1.807, 2.05) is 55.5 Å². The third-order valence-electron chi connectivity index (χ3n) is 4.15. The van der Waals surface area contributed by atoms with Gasteiger partial charge in [0.2, 0.25) is 0 Å². The van der Waals surface area contributed by atoms with Crippen LogP contribution < -0.4 is 19.7 Å². The molecule has 0 bridgehead atoms. The second kappa shape index (κ2) is 8.06. The molecule has 0 radical (unpaired) electrons. The van der Waals surface area contributed by atoms with Gasteiger partial charge in [0.15, 0.2) is 11.5 Å². The number of para-hydroxylation sites is 1. The van der Waals surface area contributed by atoms with Crippen LogP contribution in [-0.2, 0) is 4.79 Å². The summed E-state index contributed by atoms with van der Waals surface area (Å²) >= 11 is 4.48. The standard InChI is InChI=1S/C20H19N3O3S/c1-3-26-16-10-9-13(11-17(16)25-2)18-22-19(24)15(12-21)20(27)23(18)14-7-5-4-6-8-14/h4-11,18,27H,3H2,1-2H3,(H,22,24). The number of carbonyl (C=O) groups excluding carboxylic acids is 1. The van der Waals surface area contributed by atoms with Gasteiger partial charge in [0, 0.05) is 5.69 Å². The number of amides is 1. The zero-order chi connectivity index (χ0) is 19.4. The minimum absolute atomic E-state index is 0.0312. The van der Waals surface area contributed by atoms with E-state index in [4.69, 9.17) is 9.47 Å². The summed E-state index contributed by atoms with van der Waals surface area (Å²) in [4.78, 5) is 14.2. The Morgan fingerprint density at radius 2 is 1.96 bits per heavy atom. The van der Waals surface area contributed by atoms with Gasteiger partial charge in [0.05, 0.1) is 18.7 Å². The maximum absolute atomic E-state index is 12.4. The lowest BCUT2D eigenvalue weighted by Crippen LogP contribution is -2.46. The van der Waals surface area contributed by atoms with E-state index in [1.54, 1.807) is 18.1 Å². The molecule has 27 heavy (non-hydrogen) atoms. The van der Waals surface area contributed by atoms with Crippen molar-refractivity contribution >= 4 is 24.2 Å². The van der Waals surface area contributed by atoms with Crippen LogP contribution >= 0.6 is 12.6 Å². The third-order valence-corrected chi connectivity index (χ3v) is 4.59. The molecule has 0 spiro atoms. The fraction of sp³-hybridized carbons (Fsp3) is 0.200. The lowest BCUT2D eigenvalue weighted by atomic mass is 10.1. The van der Waals surface area contributed by atoms with Crippen molar-refractivity contribution in [3.8, 4) is 17.6 Å². The average Bonchev–Trinajstić information content (AvgIpc) is 2.69. The van der Waals surface area contributed by atoms with E-state index in [2.05, 4.69) is 17.9 Å². The minimum atomic E-state index is -0.547. The number of ether oxygens (including phenoxy) is 2. The van der Waals surface area contributed by atoms with Gasteiger partial charge in [0.1, 0.15) is 17.8 Å². The van der Waals surface area contributed by atoms with Gasteiger partial charge in [-0.2, -0.15) is 5.26 Å². The van der Waals surface area contributed by atoms with Crippen molar-refractivity contribution in [2.45, 2.75) is 13.1 Å². The van der Waals surface area contributed by atoms with Crippen molar-refractivity contribution in [3.05, 3.63) is 64.7 Å². The van der Waals surface area contributed by atoms with Crippen LogP contribution in [0.25, 0.3) is 0 Å². The molecule has 6 nitrogen and oxygen atoms in total. The molecule has 0 aliphatic carbocycles. The van der Waals surface area contributed by atoms with Crippen LogP contribution in [0.15, 0.2) is 59.1 Å². The quantitative estimate of drug-likeness (QED) is 0.777. The maximum Gasteiger partial charge on any atom is 0.266 e. The molecule has 0 saturated heterocycles. The Morgan fingerprint density at radius 1 is 1.22 bits per heavy atom. The average molecular weight is 381 g/mol. The first-order chi connectivity index (χ1) is 13.1. The fourth-order valence-electron chi connectivity index (χ4n) is 2.93. The molecule has 138 valence electrons. The van der Waals surface area contributed by atoms with Gasteiger partial charge >= 0.3 is 0 Å². The summed E-state index contributed by atoms with van der Waals surface area (Å²) in [7, 11) is 1.56. The highest BCUT2D eigenvalue weighted by atomic mass is 32.1. The van der Waals surface area contributed by atoms with Crippen LogP contribution in [0.4, 0.5) is 5.69 Å². The lowest BCUT2D eigenvalue weighted by Gasteiger charge is -2.38. The lowest BCUT2D eigenvalue weighted by molar-refractivity contribution is -0.118. The molecule has 0 aromatic heterocycles. The van der Waals surface area contributed by atoms with Crippen molar-refractivity contribution in [3.63, 3.8) is 0 Å². The second-order valence-corrected chi connectivity index (χ2v) is 6.16. The molecule has 3 rings (SSSR count). The summed E-state index contributed by atoms with van der Waals surface area (Å²) in [6, 6.07) is 16.8. The smallest absolute Gasteiger partial charge is 0.266 e. The highest BCUT2D eigenvalue weighted by Crippen LogP contribution is 2.38. The first kappa shape index (κ1) is 18.7. The molecule has 1 heterocycles. The zero-order valence-electron chi connectivity index (χ0n) is 15.0. The van der Waals surface area contributed by atoms with Gasteiger partial charge in [0.25, 0.3) is 5.91 Å². The largest absolute Gasteiger partial charge is 0.493 e. The summed E-state index contributed by atoms with van der Waals surface area (Å²) in [5, 5.41) is 12.5. The normalized spacial score (nSPS) is 16.6. The molecular weight excluding hydrogens is 362 g/mol. The summed E-state index contributed by atoms with van der Waals surface area (Å²) in [5.41, 5.74) is 1.54. The van der Waals surface area contributed by atoms with Crippen molar-refractivity contribution in [2.24, 2.45) is 0 Å². The Labute approximate surface area is 163 Å². The van der Waals surface area contributed by atoms with Crippen molar-refractivity contribution < 1.29 is 14.3 Å². The van der Waals surface area contributed by atoms with Crippen molar-refractivity contribution in [1.29, 1.82) is 5.26 Å². The molecule has 1 aliphatic heterocycles. The summed E-state index contributed by atoms with van der Waals surface area (Å²) < 4.78 is 11.0. The van der Waals surface area contributed by atoms with E-state index in [1.165, 1.54) is 0 Å². The first-order valence-electron chi connectivity index (χ1n) is 8.40. The second-order valence-electron chi connectivity index (χ2n) is 5.74. The SMILES string of the molecule is CCOc1ccc(C2NC(=O)C(C#N)=C(S)N2c2ccccc2)cc1OC. The topological polar surface area (TPSA) is 74.6 Å². The summed E-state index contributed by atoms with van der Waals surface area (Å²) in [6.07, 6.45) is -0.547. The number of anilines is 1. The Morgan fingerprint density at radius 3 is 2.59 bits per heavy atom. The minimum Gasteiger partial charge on any atom is -0.493 e. The molecule has 1 atom stereocenters. The Hall–Kier alpha value is -3.11. The van der Waals surface area contributed by atoms with E-state index >= 15 is 0 Å². The van der Waals surface area contributed by atoms with Crippen molar-refractivity contribution in [2.75, 3.05) is 18.6 Å². The van der Waals surface area contributed by atoms with E-state index in [-0.39, 0.29) is 5.57 Å².